The van der Waals surface area contributed by atoms with Crippen LogP contribution in [0.4, 0.5) is 5.82 Å². The molecule has 0 saturated heterocycles. The second-order valence-corrected chi connectivity index (χ2v) is 7.38. The van der Waals surface area contributed by atoms with Crippen LogP contribution in [0.1, 0.15) is 21.7 Å². The maximum atomic E-state index is 9.69. The number of ether oxygens (including phenoxy) is 1. The van der Waals surface area contributed by atoms with E-state index < -0.39 is 0 Å². The van der Waals surface area contributed by atoms with E-state index in [9.17, 15) is 5.26 Å². The first-order valence-corrected chi connectivity index (χ1v) is 8.90. The maximum Gasteiger partial charge on any atom is 0.172 e. The molecule has 0 aliphatic rings. The monoisotopic (exact) mass is 363 g/mol. The molecule has 4 aromatic rings. The fourth-order valence-corrected chi connectivity index (χ4v) is 4.39. The molecule has 0 atom stereocenters. The molecule has 0 bridgehead atoms. The standard InChI is InChI=1S/C19H17N5OS/c1-9-5-6-14(25-4)10(2)15(9)24-16-13(12(7-20)18(24)21)8-22-19-17(16)26-11(3)23-19/h5-6,8H,21H2,1-4H3. The fraction of sp³-hybridized carbons (Fsp3) is 0.211. The summed E-state index contributed by atoms with van der Waals surface area (Å²) in [5.74, 6) is 1.18. The molecule has 0 unspecified atom stereocenters. The van der Waals surface area contributed by atoms with Crippen molar-refractivity contribution in [3.63, 3.8) is 0 Å². The number of anilines is 1. The molecule has 4 rings (SSSR count). The van der Waals surface area contributed by atoms with Crippen molar-refractivity contribution >= 4 is 38.4 Å². The summed E-state index contributed by atoms with van der Waals surface area (Å²) in [5.41, 5.74) is 11.3. The Labute approximate surface area is 154 Å². The van der Waals surface area contributed by atoms with E-state index in [2.05, 4.69) is 16.0 Å². The van der Waals surface area contributed by atoms with Crippen molar-refractivity contribution in [3.8, 4) is 17.5 Å². The van der Waals surface area contributed by atoms with E-state index in [0.29, 0.717) is 17.0 Å². The fourth-order valence-electron chi connectivity index (χ4n) is 3.47. The second-order valence-electron chi connectivity index (χ2n) is 6.17. The number of rotatable bonds is 2. The minimum atomic E-state index is 0.405. The normalized spacial score (nSPS) is 11.2. The first-order chi connectivity index (χ1) is 12.5. The minimum absolute atomic E-state index is 0.405. The highest BCUT2D eigenvalue weighted by Crippen LogP contribution is 2.40. The highest BCUT2D eigenvalue weighted by Gasteiger charge is 2.23. The van der Waals surface area contributed by atoms with Crippen molar-refractivity contribution in [2.24, 2.45) is 0 Å². The van der Waals surface area contributed by atoms with Gasteiger partial charge in [-0.15, -0.1) is 11.3 Å². The summed E-state index contributed by atoms with van der Waals surface area (Å²) in [6.45, 7) is 5.96. The van der Waals surface area contributed by atoms with Crippen LogP contribution in [-0.4, -0.2) is 21.6 Å². The Bertz CT molecular complexity index is 1230. The first kappa shape index (κ1) is 16.4. The van der Waals surface area contributed by atoms with Gasteiger partial charge in [0.15, 0.2) is 5.65 Å². The molecule has 26 heavy (non-hydrogen) atoms. The summed E-state index contributed by atoms with van der Waals surface area (Å²) in [7, 11) is 1.65. The molecule has 3 aromatic heterocycles. The van der Waals surface area contributed by atoms with E-state index in [0.717, 1.165) is 43.2 Å². The Morgan fingerprint density at radius 3 is 2.73 bits per heavy atom. The molecule has 0 saturated carbocycles. The van der Waals surface area contributed by atoms with Gasteiger partial charge >= 0.3 is 0 Å². The third kappa shape index (κ3) is 2.09. The third-order valence-corrected chi connectivity index (χ3v) is 5.60. The molecule has 7 heteroatoms. The number of fused-ring (bicyclic) bond motifs is 3. The zero-order valence-corrected chi connectivity index (χ0v) is 15.7. The van der Waals surface area contributed by atoms with Crippen molar-refractivity contribution in [3.05, 3.63) is 40.0 Å². The lowest BCUT2D eigenvalue weighted by atomic mass is 10.1. The number of pyridine rings is 1. The van der Waals surface area contributed by atoms with Gasteiger partial charge in [-0.1, -0.05) is 6.07 Å². The van der Waals surface area contributed by atoms with Gasteiger partial charge in [0.2, 0.25) is 0 Å². The van der Waals surface area contributed by atoms with Gasteiger partial charge < -0.3 is 10.5 Å². The van der Waals surface area contributed by atoms with Gasteiger partial charge in [-0.05, 0) is 32.4 Å². The number of aromatic nitrogens is 3. The van der Waals surface area contributed by atoms with Crippen LogP contribution >= 0.6 is 11.3 Å². The molecular weight excluding hydrogens is 346 g/mol. The van der Waals surface area contributed by atoms with Gasteiger partial charge in [0.1, 0.15) is 23.2 Å². The highest BCUT2D eigenvalue weighted by molar-refractivity contribution is 7.19. The van der Waals surface area contributed by atoms with Crippen LogP contribution in [-0.2, 0) is 0 Å². The third-order valence-electron chi connectivity index (χ3n) is 4.63. The Morgan fingerprint density at radius 2 is 2.04 bits per heavy atom. The summed E-state index contributed by atoms with van der Waals surface area (Å²) in [6, 6.07) is 6.17. The number of thiazole rings is 1. The second kappa shape index (κ2) is 5.71. The smallest absolute Gasteiger partial charge is 0.172 e. The number of methoxy groups -OCH3 is 1. The van der Waals surface area contributed by atoms with Gasteiger partial charge in [-0.3, -0.25) is 4.57 Å². The molecule has 6 nitrogen and oxygen atoms in total. The zero-order valence-electron chi connectivity index (χ0n) is 14.9. The van der Waals surface area contributed by atoms with Crippen LogP contribution in [0, 0.1) is 32.1 Å². The lowest BCUT2D eigenvalue weighted by Gasteiger charge is -2.17. The van der Waals surface area contributed by atoms with Crippen molar-refractivity contribution in [1.29, 1.82) is 5.26 Å². The first-order valence-electron chi connectivity index (χ1n) is 8.08. The van der Waals surface area contributed by atoms with Crippen molar-refractivity contribution < 1.29 is 4.74 Å². The molecular formula is C19H17N5OS. The van der Waals surface area contributed by atoms with Crippen LogP contribution in [0.15, 0.2) is 18.3 Å². The Kier molecular flexibility index (Phi) is 3.60. The molecule has 0 radical (unpaired) electrons. The van der Waals surface area contributed by atoms with Crippen molar-refractivity contribution in [2.45, 2.75) is 20.8 Å². The molecule has 0 amide bonds. The van der Waals surface area contributed by atoms with Crippen molar-refractivity contribution in [1.82, 2.24) is 14.5 Å². The number of hydrogen-bond acceptors (Lipinski definition) is 6. The molecule has 2 N–H and O–H groups in total. The topological polar surface area (TPSA) is 89.8 Å². The molecule has 0 spiro atoms. The lowest BCUT2D eigenvalue weighted by molar-refractivity contribution is 0.411. The Balaban J connectivity index is 2.26. The average molecular weight is 363 g/mol. The van der Waals surface area contributed by atoms with Crippen LogP contribution in [0.2, 0.25) is 0 Å². The van der Waals surface area contributed by atoms with Gasteiger partial charge in [0, 0.05) is 17.1 Å². The minimum Gasteiger partial charge on any atom is -0.496 e. The summed E-state index contributed by atoms with van der Waals surface area (Å²) in [5, 5.41) is 11.3. The van der Waals surface area contributed by atoms with Crippen LogP contribution in [0.3, 0.4) is 0 Å². The van der Waals surface area contributed by atoms with E-state index >= 15 is 0 Å². The number of nitrogens with two attached hydrogens (primary N) is 1. The quantitative estimate of drug-likeness (QED) is 0.581. The maximum absolute atomic E-state index is 9.69. The predicted molar refractivity (Wildman–Crippen MR) is 104 cm³/mol. The van der Waals surface area contributed by atoms with Crippen LogP contribution in [0.5, 0.6) is 5.75 Å². The number of aryl methyl sites for hydroxylation is 2. The van der Waals surface area contributed by atoms with Crippen molar-refractivity contribution in [2.75, 3.05) is 12.8 Å². The number of hydrogen-bond donors (Lipinski definition) is 1. The number of nitriles is 1. The largest absolute Gasteiger partial charge is 0.496 e. The van der Waals surface area contributed by atoms with Gasteiger partial charge in [0.25, 0.3) is 0 Å². The van der Waals surface area contributed by atoms with Gasteiger partial charge in [-0.25, -0.2) is 9.97 Å². The number of benzene rings is 1. The summed E-state index contributed by atoms with van der Waals surface area (Å²) in [6.07, 6.45) is 1.69. The van der Waals surface area contributed by atoms with E-state index in [4.69, 9.17) is 10.5 Å². The summed E-state index contributed by atoms with van der Waals surface area (Å²) >= 11 is 1.55. The van der Waals surface area contributed by atoms with E-state index in [1.165, 1.54) is 0 Å². The van der Waals surface area contributed by atoms with Gasteiger partial charge in [-0.2, -0.15) is 5.26 Å². The number of nitrogens with zero attached hydrogens (tertiary/aromatic N) is 4. The van der Waals surface area contributed by atoms with E-state index in [1.807, 2.05) is 37.5 Å². The molecule has 1 aromatic carbocycles. The van der Waals surface area contributed by atoms with E-state index in [-0.39, 0.29) is 0 Å². The predicted octanol–water partition coefficient (Wildman–Crippen LogP) is 4.02. The molecule has 0 fully saturated rings. The SMILES string of the molecule is COc1ccc(C)c(-n2c(N)c(C#N)c3cnc4nc(C)sc4c32)c1C. The van der Waals surface area contributed by atoms with Crippen LogP contribution < -0.4 is 10.5 Å². The van der Waals surface area contributed by atoms with Gasteiger partial charge in [0.05, 0.1) is 28.0 Å². The molecule has 130 valence electrons. The zero-order chi connectivity index (χ0) is 18.6. The summed E-state index contributed by atoms with van der Waals surface area (Å²) < 4.78 is 8.37. The molecule has 3 heterocycles. The highest BCUT2D eigenvalue weighted by atomic mass is 32.1. The average Bonchev–Trinajstić information content (AvgIpc) is 3.12. The van der Waals surface area contributed by atoms with Crippen LogP contribution in [0.25, 0.3) is 26.9 Å². The molecule has 0 aliphatic carbocycles. The molecule has 0 aliphatic heterocycles. The summed E-state index contributed by atoms with van der Waals surface area (Å²) in [4.78, 5) is 8.91. The number of nitrogen functional groups attached to an aromatic ring is 1. The van der Waals surface area contributed by atoms with E-state index in [1.54, 1.807) is 24.6 Å². The lowest BCUT2D eigenvalue weighted by Crippen LogP contribution is -2.06. The Hall–Kier alpha value is -3.11. The Morgan fingerprint density at radius 1 is 1.27 bits per heavy atom.